The van der Waals surface area contributed by atoms with Gasteiger partial charge in [0.15, 0.2) is 11.5 Å². The van der Waals surface area contributed by atoms with E-state index >= 15 is 0 Å². The summed E-state index contributed by atoms with van der Waals surface area (Å²) < 4.78 is 16.5. The van der Waals surface area contributed by atoms with Gasteiger partial charge in [0.1, 0.15) is 6.04 Å². The molecule has 3 N–H and O–H groups in total. The van der Waals surface area contributed by atoms with E-state index in [1.807, 2.05) is 13.8 Å². The van der Waals surface area contributed by atoms with Gasteiger partial charge in [0.05, 0.1) is 17.4 Å². The van der Waals surface area contributed by atoms with Gasteiger partial charge in [-0.3, -0.25) is 19.2 Å². The lowest BCUT2D eigenvalue weighted by Crippen LogP contribution is -2.40. The van der Waals surface area contributed by atoms with Gasteiger partial charge >= 0.3 is 23.9 Å². The topological polar surface area (TPSA) is 142 Å². The number of ether oxygens (including phenoxy) is 3. The van der Waals surface area contributed by atoms with Crippen LogP contribution < -0.4 is 15.2 Å². The normalized spacial score (nSPS) is 14.5. The first-order valence-corrected chi connectivity index (χ1v) is 12.1. The molecule has 0 bridgehead atoms. The van der Waals surface area contributed by atoms with Crippen molar-refractivity contribution in [2.24, 2.45) is 28.4 Å². The molecule has 0 amide bonds. The van der Waals surface area contributed by atoms with Crippen LogP contribution in [0.3, 0.4) is 0 Å². The summed E-state index contributed by atoms with van der Waals surface area (Å²) in [6, 6.07) is 3.13. The van der Waals surface area contributed by atoms with E-state index in [2.05, 4.69) is 0 Å². The molecular weight excluding hydrogens is 466 g/mol. The second kappa shape index (κ2) is 12.3. The predicted molar refractivity (Wildman–Crippen MR) is 135 cm³/mol. The summed E-state index contributed by atoms with van der Waals surface area (Å²) in [5.74, 6) is -3.90. The molecule has 0 aromatic heterocycles. The van der Waals surface area contributed by atoms with Crippen LogP contribution in [0, 0.1) is 22.7 Å². The lowest BCUT2D eigenvalue weighted by Gasteiger charge is -2.28. The number of aliphatic carboxylic acids is 1. The lowest BCUT2D eigenvalue weighted by atomic mass is 9.82. The molecule has 2 unspecified atom stereocenters. The highest BCUT2D eigenvalue weighted by Gasteiger charge is 2.34. The molecule has 9 nitrogen and oxygen atoms in total. The fourth-order valence-electron chi connectivity index (χ4n) is 3.17. The van der Waals surface area contributed by atoms with Gasteiger partial charge in [0, 0.05) is 12.3 Å². The van der Waals surface area contributed by atoms with E-state index in [0.717, 1.165) is 0 Å². The molecule has 1 aromatic rings. The molecule has 0 aliphatic rings. The summed E-state index contributed by atoms with van der Waals surface area (Å²) in [6.45, 7) is 15.6. The SMILES string of the molecule is CC(C)CC(=O)OCC(C)C(c1ccc(OC(=O)C(C)(C)C)c(OC(=O)C(C)(C)C)c1)[C@H](N)C(=O)O. The third kappa shape index (κ3) is 9.26. The van der Waals surface area contributed by atoms with Crippen LogP contribution in [0.5, 0.6) is 11.5 Å². The van der Waals surface area contributed by atoms with Gasteiger partial charge in [-0.05, 0) is 71.1 Å². The monoisotopic (exact) mass is 507 g/mol. The maximum Gasteiger partial charge on any atom is 0.321 e. The summed E-state index contributed by atoms with van der Waals surface area (Å²) >= 11 is 0. The minimum Gasteiger partial charge on any atom is -0.480 e. The lowest BCUT2D eigenvalue weighted by molar-refractivity contribution is -0.146. The van der Waals surface area contributed by atoms with Crippen molar-refractivity contribution < 1.29 is 38.5 Å². The molecule has 202 valence electrons. The van der Waals surface area contributed by atoms with Gasteiger partial charge in [0.2, 0.25) is 0 Å². The fourth-order valence-corrected chi connectivity index (χ4v) is 3.17. The van der Waals surface area contributed by atoms with Crippen molar-refractivity contribution in [2.45, 2.75) is 80.7 Å². The number of carbonyl (C=O) groups excluding carboxylic acids is 3. The summed E-state index contributed by atoms with van der Waals surface area (Å²) in [4.78, 5) is 49.0. The van der Waals surface area contributed by atoms with Crippen LogP contribution in [-0.2, 0) is 23.9 Å². The second-order valence-corrected chi connectivity index (χ2v) is 11.6. The third-order valence-electron chi connectivity index (χ3n) is 5.35. The predicted octanol–water partition coefficient (Wildman–Crippen LogP) is 4.31. The van der Waals surface area contributed by atoms with Crippen LogP contribution in [0.1, 0.15) is 80.2 Å². The Morgan fingerprint density at radius 1 is 0.889 bits per heavy atom. The maximum absolute atomic E-state index is 12.7. The minimum atomic E-state index is -1.34. The number of rotatable bonds is 10. The third-order valence-corrected chi connectivity index (χ3v) is 5.35. The van der Waals surface area contributed by atoms with Crippen LogP contribution in [-0.4, -0.2) is 41.6 Å². The van der Waals surface area contributed by atoms with Crippen LogP contribution in [0.25, 0.3) is 0 Å². The van der Waals surface area contributed by atoms with Crippen molar-refractivity contribution in [1.82, 2.24) is 0 Å². The van der Waals surface area contributed by atoms with Gasteiger partial charge in [-0.2, -0.15) is 0 Å². The molecule has 1 rings (SSSR count). The first-order valence-electron chi connectivity index (χ1n) is 12.1. The highest BCUT2D eigenvalue weighted by Crippen LogP contribution is 2.37. The largest absolute Gasteiger partial charge is 0.480 e. The van der Waals surface area contributed by atoms with E-state index in [4.69, 9.17) is 19.9 Å². The molecule has 3 atom stereocenters. The van der Waals surface area contributed by atoms with Crippen molar-refractivity contribution in [3.05, 3.63) is 23.8 Å². The van der Waals surface area contributed by atoms with Gasteiger partial charge < -0.3 is 25.1 Å². The van der Waals surface area contributed by atoms with E-state index in [1.165, 1.54) is 12.1 Å². The van der Waals surface area contributed by atoms with E-state index in [-0.39, 0.29) is 36.4 Å². The highest BCUT2D eigenvalue weighted by molar-refractivity contribution is 5.81. The fraction of sp³-hybridized carbons (Fsp3) is 0.630. The van der Waals surface area contributed by atoms with E-state index in [9.17, 15) is 24.3 Å². The van der Waals surface area contributed by atoms with Crippen molar-refractivity contribution in [3.63, 3.8) is 0 Å². The Hall–Kier alpha value is -2.94. The summed E-state index contributed by atoms with van der Waals surface area (Å²) in [7, 11) is 0. The Kier molecular flexibility index (Phi) is 10.7. The van der Waals surface area contributed by atoms with E-state index < -0.39 is 46.6 Å². The van der Waals surface area contributed by atoms with Gasteiger partial charge in [-0.15, -0.1) is 0 Å². The van der Waals surface area contributed by atoms with Gasteiger partial charge in [-0.1, -0.05) is 26.8 Å². The average Bonchev–Trinajstić information content (AvgIpc) is 2.72. The molecule has 9 heteroatoms. The quantitative estimate of drug-likeness (QED) is 0.350. The zero-order valence-electron chi connectivity index (χ0n) is 22.8. The van der Waals surface area contributed by atoms with Crippen molar-refractivity contribution >= 4 is 23.9 Å². The number of benzene rings is 1. The smallest absolute Gasteiger partial charge is 0.321 e. The van der Waals surface area contributed by atoms with Crippen LogP contribution in [0.2, 0.25) is 0 Å². The zero-order chi connectivity index (χ0) is 28.0. The summed E-state index contributed by atoms with van der Waals surface area (Å²) in [6.07, 6.45) is 0.239. The molecule has 0 spiro atoms. The number of carboxylic acid groups (broad SMARTS) is 1. The molecular formula is C27H41NO8. The molecule has 1 aromatic carbocycles. The molecule has 36 heavy (non-hydrogen) atoms. The Morgan fingerprint density at radius 3 is 1.83 bits per heavy atom. The van der Waals surface area contributed by atoms with E-state index in [1.54, 1.807) is 54.5 Å². The van der Waals surface area contributed by atoms with Crippen molar-refractivity contribution in [1.29, 1.82) is 0 Å². The van der Waals surface area contributed by atoms with Crippen LogP contribution in [0.15, 0.2) is 18.2 Å². The number of hydrogen-bond donors (Lipinski definition) is 2. The number of esters is 3. The first-order chi connectivity index (χ1) is 16.3. The molecule has 0 saturated heterocycles. The Bertz CT molecular complexity index is 956. The van der Waals surface area contributed by atoms with Gasteiger partial charge in [0.25, 0.3) is 0 Å². The summed E-state index contributed by atoms with van der Waals surface area (Å²) in [5, 5.41) is 9.66. The van der Waals surface area contributed by atoms with E-state index in [0.29, 0.717) is 5.56 Å². The Morgan fingerprint density at radius 2 is 1.39 bits per heavy atom. The molecule has 0 heterocycles. The van der Waals surface area contributed by atoms with Crippen LogP contribution in [0.4, 0.5) is 0 Å². The zero-order valence-corrected chi connectivity index (χ0v) is 22.8. The molecule has 0 saturated carbocycles. The molecule has 0 aliphatic carbocycles. The Labute approximate surface area is 213 Å². The molecule has 0 fully saturated rings. The second-order valence-electron chi connectivity index (χ2n) is 11.6. The highest BCUT2D eigenvalue weighted by atomic mass is 16.6. The molecule has 0 radical (unpaired) electrons. The van der Waals surface area contributed by atoms with Crippen LogP contribution >= 0.6 is 0 Å². The van der Waals surface area contributed by atoms with Gasteiger partial charge in [-0.25, -0.2) is 0 Å². The number of nitrogens with two attached hydrogens (primary N) is 1. The number of carboxylic acids is 1. The number of hydrogen-bond acceptors (Lipinski definition) is 8. The minimum absolute atomic E-state index is 0.0231. The number of carbonyl (C=O) groups is 4. The first kappa shape index (κ1) is 31.1. The maximum atomic E-state index is 12.7. The molecule has 0 aliphatic heterocycles. The Balaban J connectivity index is 3.45. The summed E-state index contributed by atoms with van der Waals surface area (Å²) in [5.41, 5.74) is 4.81. The van der Waals surface area contributed by atoms with Crippen molar-refractivity contribution in [3.8, 4) is 11.5 Å². The standard InChI is InChI=1S/C27H41NO8/c1-15(2)12-20(29)34-14-16(3)21(22(28)23(30)31)17-10-11-18(35-24(32)26(4,5)6)19(13-17)36-25(33)27(7,8)9/h10-11,13,15-16,21-22H,12,14,28H2,1-9H3,(H,30,31)/t16?,21?,22-/m0/s1. The van der Waals surface area contributed by atoms with Crippen molar-refractivity contribution in [2.75, 3.05) is 6.61 Å². The average molecular weight is 508 g/mol.